The number of nitrogens with zero attached hydrogens (tertiary/aromatic N) is 2. The van der Waals surface area contributed by atoms with Crippen LogP contribution in [0.15, 0.2) is 81.2 Å². The molecule has 0 amide bonds. The summed E-state index contributed by atoms with van der Waals surface area (Å²) in [6.45, 7) is 7.89. The number of aliphatic hydroxyl groups excluding tert-OH is 2. The molecule has 0 radical (unpaired) electrons. The van der Waals surface area contributed by atoms with Gasteiger partial charge < -0.3 is 19.7 Å². The molecule has 0 spiro atoms. The maximum absolute atomic E-state index is 13.3. The highest BCUT2D eigenvalue weighted by Gasteiger charge is 2.36. The van der Waals surface area contributed by atoms with E-state index in [4.69, 9.17) is 19.5 Å². The van der Waals surface area contributed by atoms with Crippen molar-refractivity contribution in [2.75, 3.05) is 14.2 Å². The van der Waals surface area contributed by atoms with E-state index in [1.807, 2.05) is 52.0 Å². The van der Waals surface area contributed by atoms with Gasteiger partial charge in [-0.3, -0.25) is 19.6 Å². The zero-order chi connectivity index (χ0) is 32.1. The molecule has 44 heavy (non-hydrogen) atoms. The lowest BCUT2D eigenvalue weighted by Gasteiger charge is -2.30. The summed E-state index contributed by atoms with van der Waals surface area (Å²) in [6, 6.07) is 14.5. The Bertz CT molecular complexity index is 1390. The van der Waals surface area contributed by atoms with E-state index in [1.165, 1.54) is 0 Å². The number of aliphatic imine (C=N–C) groups is 2. The van der Waals surface area contributed by atoms with Crippen molar-refractivity contribution in [1.29, 1.82) is 0 Å². The van der Waals surface area contributed by atoms with Gasteiger partial charge in [-0.25, -0.2) is 0 Å². The van der Waals surface area contributed by atoms with Gasteiger partial charge in [-0.2, -0.15) is 0 Å². The molecule has 0 heterocycles. The first-order valence-corrected chi connectivity index (χ1v) is 15.2. The molecule has 0 saturated carbocycles. The predicted octanol–water partition coefficient (Wildman–Crippen LogP) is 8.51. The third-order valence-corrected chi connectivity index (χ3v) is 8.03. The fourth-order valence-electron chi connectivity index (χ4n) is 5.91. The monoisotopic (exact) mass is 600 g/mol. The number of unbranched alkanes of at least 4 members (excludes halogenated alkanes) is 1. The van der Waals surface area contributed by atoms with E-state index in [9.17, 15) is 19.8 Å². The Kier molecular flexibility index (Phi) is 10.1. The molecule has 4 rings (SSSR count). The molecule has 8 heteroatoms. The summed E-state index contributed by atoms with van der Waals surface area (Å²) in [5.41, 5.74) is 2.37. The van der Waals surface area contributed by atoms with E-state index in [-0.39, 0.29) is 33.9 Å². The summed E-state index contributed by atoms with van der Waals surface area (Å²) in [6.07, 6.45) is 3.60. The van der Waals surface area contributed by atoms with Crippen molar-refractivity contribution < 1.29 is 29.3 Å². The van der Waals surface area contributed by atoms with Crippen molar-refractivity contribution in [1.82, 2.24) is 0 Å². The number of allylic oxidation sites excluding steroid dienone is 4. The Labute approximate surface area is 260 Å². The van der Waals surface area contributed by atoms with Crippen LogP contribution in [0.2, 0.25) is 0 Å². The Morgan fingerprint density at radius 3 is 1.27 bits per heavy atom. The van der Waals surface area contributed by atoms with Crippen molar-refractivity contribution in [2.45, 2.75) is 79.1 Å². The van der Waals surface area contributed by atoms with Crippen molar-refractivity contribution in [3.8, 4) is 11.5 Å². The average Bonchev–Trinajstić information content (AvgIpc) is 2.93. The molecule has 2 aromatic carbocycles. The molecule has 0 bridgehead atoms. The van der Waals surface area contributed by atoms with Gasteiger partial charge in [0.25, 0.3) is 0 Å². The summed E-state index contributed by atoms with van der Waals surface area (Å²) in [4.78, 5) is 36.1. The Morgan fingerprint density at radius 1 is 0.636 bits per heavy atom. The Balaban J connectivity index is 1.61. The molecule has 0 fully saturated rings. The van der Waals surface area contributed by atoms with E-state index >= 15 is 0 Å². The second-order valence-corrected chi connectivity index (χ2v) is 13.2. The SMILES string of the molecule is COc1ccc(N=C(CCCCC(=Nc2ccc(OC)cc2)C2=C(O)CC(C)(C)CC2=O)C2=C(O)CC(C)(C)CC2=O)cc1. The minimum absolute atomic E-state index is 0.0748. The van der Waals surface area contributed by atoms with Crippen LogP contribution in [0.4, 0.5) is 11.4 Å². The van der Waals surface area contributed by atoms with E-state index in [2.05, 4.69) is 0 Å². The second kappa shape index (κ2) is 13.6. The molecular weight excluding hydrogens is 556 g/mol. The van der Waals surface area contributed by atoms with Crippen LogP contribution in [0, 0.1) is 10.8 Å². The van der Waals surface area contributed by atoms with Gasteiger partial charge in [-0.05, 0) is 85.0 Å². The van der Waals surface area contributed by atoms with Crippen LogP contribution in [-0.2, 0) is 9.59 Å². The van der Waals surface area contributed by atoms with Gasteiger partial charge in [0.05, 0.1) is 48.2 Å². The third-order valence-electron chi connectivity index (χ3n) is 8.03. The number of benzene rings is 2. The zero-order valence-corrected chi connectivity index (χ0v) is 26.7. The van der Waals surface area contributed by atoms with Crippen LogP contribution < -0.4 is 9.47 Å². The van der Waals surface area contributed by atoms with Crippen LogP contribution in [0.25, 0.3) is 0 Å². The molecule has 8 nitrogen and oxygen atoms in total. The van der Waals surface area contributed by atoms with Gasteiger partial charge >= 0.3 is 0 Å². The van der Waals surface area contributed by atoms with Crippen LogP contribution in [0.3, 0.4) is 0 Å². The van der Waals surface area contributed by atoms with E-state index in [1.54, 1.807) is 38.5 Å². The van der Waals surface area contributed by atoms with Gasteiger partial charge in [0.1, 0.15) is 23.0 Å². The minimum atomic E-state index is -0.320. The van der Waals surface area contributed by atoms with Crippen molar-refractivity contribution >= 4 is 34.4 Å². The third kappa shape index (κ3) is 8.24. The molecular formula is C36H44N2O6. The minimum Gasteiger partial charge on any atom is -0.511 e. The first-order valence-electron chi connectivity index (χ1n) is 15.2. The zero-order valence-electron chi connectivity index (χ0n) is 26.7. The smallest absolute Gasteiger partial charge is 0.168 e. The number of Topliss-reactive ketones (excluding diaryl/α,β-unsaturated/α-hetero) is 2. The first kappa shape index (κ1) is 32.7. The lowest BCUT2D eigenvalue weighted by molar-refractivity contribution is -0.118. The van der Waals surface area contributed by atoms with E-state index in [0.717, 1.165) is 0 Å². The quantitative estimate of drug-likeness (QED) is 0.197. The molecule has 234 valence electrons. The highest BCUT2D eigenvalue weighted by atomic mass is 16.5. The van der Waals surface area contributed by atoms with E-state index in [0.29, 0.717) is 96.8 Å². The summed E-state index contributed by atoms with van der Waals surface area (Å²) in [5, 5.41) is 22.0. The molecule has 0 saturated heterocycles. The number of hydrogen-bond donors (Lipinski definition) is 2. The number of ketones is 2. The average molecular weight is 601 g/mol. The fourth-order valence-corrected chi connectivity index (χ4v) is 5.91. The lowest BCUT2D eigenvalue weighted by atomic mass is 9.75. The first-order chi connectivity index (χ1) is 20.8. The topological polar surface area (TPSA) is 118 Å². The number of aliphatic hydroxyl groups is 2. The van der Waals surface area contributed by atoms with Crippen molar-refractivity contribution in [2.24, 2.45) is 20.8 Å². The summed E-state index contributed by atoms with van der Waals surface area (Å²) in [7, 11) is 3.19. The predicted molar refractivity (Wildman–Crippen MR) is 174 cm³/mol. The number of methoxy groups -OCH3 is 2. The second-order valence-electron chi connectivity index (χ2n) is 13.2. The lowest BCUT2D eigenvalue weighted by Crippen LogP contribution is -2.29. The van der Waals surface area contributed by atoms with Gasteiger partial charge in [0.15, 0.2) is 11.6 Å². The van der Waals surface area contributed by atoms with Crippen LogP contribution in [0.1, 0.15) is 79.1 Å². The molecule has 0 unspecified atom stereocenters. The number of carbonyl (C=O) groups excluding carboxylic acids is 2. The summed E-state index contributed by atoms with van der Waals surface area (Å²) < 4.78 is 10.5. The van der Waals surface area contributed by atoms with Crippen molar-refractivity contribution in [3.63, 3.8) is 0 Å². The van der Waals surface area contributed by atoms with Crippen LogP contribution in [-0.4, -0.2) is 47.4 Å². The normalized spacial score (nSPS) is 19.0. The number of rotatable bonds is 11. The number of ether oxygens (including phenoxy) is 2. The van der Waals surface area contributed by atoms with Gasteiger partial charge in [-0.15, -0.1) is 0 Å². The van der Waals surface area contributed by atoms with Gasteiger partial charge in [-0.1, -0.05) is 27.7 Å². The van der Waals surface area contributed by atoms with Crippen molar-refractivity contribution in [3.05, 3.63) is 71.2 Å². The largest absolute Gasteiger partial charge is 0.511 e. The number of hydrogen-bond acceptors (Lipinski definition) is 8. The van der Waals surface area contributed by atoms with Crippen LogP contribution >= 0.6 is 0 Å². The van der Waals surface area contributed by atoms with Gasteiger partial charge in [0.2, 0.25) is 0 Å². The molecule has 2 aromatic rings. The fraction of sp³-hybridized carbons (Fsp3) is 0.444. The molecule has 2 aliphatic rings. The molecule has 0 atom stereocenters. The molecule has 0 aliphatic heterocycles. The van der Waals surface area contributed by atoms with Gasteiger partial charge in [0, 0.05) is 25.7 Å². The highest BCUT2D eigenvalue weighted by Crippen LogP contribution is 2.39. The Morgan fingerprint density at radius 2 is 0.977 bits per heavy atom. The Hall–Kier alpha value is -4.20. The van der Waals surface area contributed by atoms with E-state index < -0.39 is 0 Å². The maximum atomic E-state index is 13.3. The highest BCUT2D eigenvalue weighted by molar-refractivity contribution is 6.24. The molecule has 0 aromatic heterocycles. The molecule has 2 aliphatic carbocycles. The van der Waals surface area contributed by atoms with Crippen LogP contribution in [0.5, 0.6) is 11.5 Å². The number of carbonyl (C=O) groups is 2. The maximum Gasteiger partial charge on any atom is 0.168 e. The summed E-state index contributed by atoms with van der Waals surface area (Å²) >= 11 is 0. The standard InChI is InChI=1S/C36H44N2O6/c1-35(2)19-29(39)33(30(40)20-35)27(37-23-11-15-25(43-5)16-12-23)9-7-8-10-28(38-24-13-17-26(44-6)18-14-24)34-31(41)21-36(3,4)22-32(34)42/h11-18,39,41H,7-10,19-22H2,1-6H3. The summed E-state index contributed by atoms with van der Waals surface area (Å²) in [5.74, 6) is 1.32. The molecule has 2 N–H and O–H groups in total.